The van der Waals surface area contributed by atoms with E-state index in [1.54, 1.807) is 18.6 Å². The topological polar surface area (TPSA) is 58.1 Å². The number of carbonyl (C=O) groups excluding carboxylic acids is 1. The van der Waals surface area contributed by atoms with Crippen molar-refractivity contribution in [2.75, 3.05) is 11.9 Å². The summed E-state index contributed by atoms with van der Waals surface area (Å²) in [4.78, 5) is 22.9. The Morgan fingerprint density at radius 2 is 2.08 bits per heavy atom. The molecule has 1 atom stereocenters. The number of nitrogens with zero attached hydrogens (tertiary/aromatic N) is 3. The highest BCUT2D eigenvalue weighted by atomic mass is 16.2. The molecule has 0 bridgehead atoms. The number of anilines is 1. The first kappa shape index (κ1) is 17.1. The number of amides is 2. The zero-order chi connectivity index (χ0) is 17.6. The lowest BCUT2D eigenvalue weighted by Crippen LogP contribution is -2.43. The maximum Gasteiger partial charge on any atom is 0.322 e. The van der Waals surface area contributed by atoms with E-state index in [4.69, 9.17) is 0 Å². The lowest BCUT2D eigenvalue weighted by Gasteiger charge is -2.32. The fourth-order valence-electron chi connectivity index (χ4n) is 3.11. The van der Waals surface area contributed by atoms with Crippen LogP contribution in [-0.4, -0.2) is 33.5 Å². The molecule has 0 saturated carbocycles. The van der Waals surface area contributed by atoms with Crippen molar-refractivity contribution in [1.82, 2.24) is 14.9 Å². The molecular formula is C20H24N4O. The number of aryl methyl sites for hydroxylation is 1. The maximum atomic E-state index is 12.6. The highest BCUT2D eigenvalue weighted by Crippen LogP contribution is 2.24. The number of aromatic nitrogens is 2. The van der Waals surface area contributed by atoms with Gasteiger partial charge in [0.05, 0.1) is 11.9 Å². The summed E-state index contributed by atoms with van der Waals surface area (Å²) in [6.45, 7) is 4.86. The minimum absolute atomic E-state index is 0.0186. The van der Waals surface area contributed by atoms with Gasteiger partial charge in [-0.1, -0.05) is 31.6 Å². The molecular weight excluding hydrogens is 312 g/mol. The molecule has 0 saturated heterocycles. The third-order valence-corrected chi connectivity index (χ3v) is 4.45. The molecule has 1 aliphatic heterocycles. The van der Waals surface area contributed by atoms with E-state index < -0.39 is 0 Å². The predicted molar refractivity (Wildman–Crippen MR) is 100 cm³/mol. The number of rotatable bonds is 4. The lowest BCUT2D eigenvalue weighted by molar-refractivity contribution is 0.202. The number of nitrogens with one attached hydrogen (secondary N) is 1. The Labute approximate surface area is 148 Å². The molecule has 2 aromatic rings. The van der Waals surface area contributed by atoms with Crippen molar-refractivity contribution in [2.24, 2.45) is 0 Å². The minimum atomic E-state index is -0.0646. The lowest BCUT2D eigenvalue weighted by atomic mass is 10.0. The van der Waals surface area contributed by atoms with E-state index in [1.165, 1.54) is 5.56 Å². The van der Waals surface area contributed by atoms with Crippen LogP contribution in [0.4, 0.5) is 10.5 Å². The first-order valence-electron chi connectivity index (χ1n) is 8.81. The van der Waals surface area contributed by atoms with Gasteiger partial charge in [0, 0.05) is 30.7 Å². The summed E-state index contributed by atoms with van der Waals surface area (Å²) in [5, 5.41) is 3.00. The van der Waals surface area contributed by atoms with Gasteiger partial charge in [0.1, 0.15) is 0 Å². The third kappa shape index (κ3) is 4.24. The van der Waals surface area contributed by atoms with E-state index in [1.807, 2.05) is 24.0 Å². The van der Waals surface area contributed by atoms with Gasteiger partial charge in [-0.25, -0.2) is 4.79 Å². The molecule has 2 heterocycles. The Bertz CT molecular complexity index is 740. The van der Waals surface area contributed by atoms with Crippen LogP contribution < -0.4 is 5.32 Å². The fraction of sp³-hybridized carbons (Fsp3) is 0.350. The highest BCUT2D eigenvalue weighted by molar-refractivity contribution is 5.90. The number of urea groups is 1. The number of carbonyl (C=O) groups is 1. The van der Waals surface area contributed by atoms with Crippen molar-refractivity contribution in [3.05, 3.63) is 60.2 Å². The molecule has 0 spiro atoms. The summed E-state index contributed by atoms with van der Waals surface area (Å²) in [6, 6.07) is 8.04. The molecule has 0 unspecified atom stereocenters. The van der Waals surface area contributed by atoms with Gasteiger partial charge in [-0.05, 0) is 43.0 Å². The van der Waals surface area contributed by atoms with Gasteiger partial charge >= 0.3 is 6.03 Å². The third-order valence-electron chi connectivity index (χ3n) is 4.45. The van der Waals surface area contributed by atoms with Crippen LogP contribution >= 0.6 is 0 Å². The zero-order valence-electron chi connectivity index (χ0n) is 14.8. The van der Waals surface area contributed by atoms with E-state index in [9.17, 15) is 4.79 Å². The van der Waals surface area contributed by atoms with Gasteiger partial charge in [0.2, 0.25) is 0 Å². The van der Waals surface area contributed by atoms with Gasteiger partial charge in [-0.3, -0.25) is 9.97 Å². The molecule has 25 heavy (non-hydrogen) atoms. The van der Waals surface area contributed by atoms with E-state index in [0.29, 0.717) is 6.54 Å². The second kappa shape index (κ2) is 7.92. The first-order chi connectivity index (χ1) is 12.2. The van der Waals surface area contributed by atoms with Gasteiger partial charge in [-0.2, -0.15) is 0 Å². The molecule has 0 radical (unpaired) electrons. The highest BCUT2D eigenvalue weighted by Gasteiger charge is 2.24. The molecule has 0 fully saturated rings. The van der Waals surface area contributed by atoms with Crippen LogP contribution in [0.1, 0.15) is 37.9 Å². The number of hydrogen-bond donors (Lipinski definition) is 1. The van der Waals surface area contributed by atoms with E-state index in [-0.39, 0.29) is 12.1 Å². The van der Waals surface area contributed by atoms with E-state index >= 15 is 0 Å². The van der Waals surface area contributed by atoms with Crippen molar-refractivity contribution >= 4 is 17.3 Å². The molecule has 130 valence electrons. The van der Waals surface area contributed by atoms with Crippen molar-refractivity contribution < 1.29 is 4.79 Å². The molecule has 1 aromatic carbocycles. The normalized spacial score (nSPS) is 17.1. The van der Waals surface area contributed by atoms with Crippen molar-refractivity contribution in [3.63, 3.8) is 0 Å². The second-order valence-corrected chi connectivity index (χ2v) is 6.34. The Balaban J connectivity index is 1.64. The first-order valence-corrected chi connectivity index (χ1v) is 8.81. The average molecular weight is 336 g/mol. The standard InChI is InChI=1S/C20H24N4O/c1-3-4-16-5-7-18(8-6-16)23-20(25)24-12-9-17(13-15(24)2)19-14-21-10-11-22-19/h5-8,10-11,13-15H,3-4,9,12H2,1-2H3,(H,23,25)/t15-/m1/s1. The van der Waals surface area contributed by atoms with Crippen LogP contribution in [0.5, 0.6) is 0 Å². The molecule has 1 aromatic heterocycles. The minimum Gasteiger partial charge on any atom is -0.318 e. The van der Waals surface area contributed by atoms with E-state index in [2.05, 4.69) is 40.4 Å². The van der Waals surface area contributed by atoms with Gasteiger partial charge in [0.25, 0.3) is 0 Å². The van der Waals surface area contributed by atoms with E-state index in [0.717, 1.165) is 36.2 Å². The second-order valence-electron chi connectivity index (χ2n) is 6.34. The van der Waals surface area contributed by atoms with Crippen LogP contribution in [0.2, 0.25) is 0 Å². The smallest absolute Gasteiger partial charge is 0.318 e. The average Bonchev–Trinajstić information content (AvgIpc) is 2.64. The maximum absolute atomic E-state index is 12.6. The Hall–Kier alpha value is -2.69. The molecule has 1 N–H and O–H groups in total. The summed E-state index contributed by atoms with van der Waals surface area (Å²) in [5.74, 6) is 0. The molecule has 3 rings (SSSR count). The quantitative estimate of drug-likeness (QED) is 0.913. The molecule has 5 nitrogen and oxygen atoms in total. The Morgan fingerprint density at radius 3 is 2.72 bits per heavy atom. The van der Waals surface area contributed by atoms with Crippen LogP contribution in [0.25, 0.3) is 5.57 Å². The molecule has 5 heteroatoms. The van der Waals surface area contributed by atoms with Gasteiger partial charge in [0.15, 0.2) is 0 Å². The van der Waals surface area contributed by atoms with Crippen LogP contribution in [0.3, 0.4) is 0 Å². The largest absolute Gasteiger partial charge is 0.322 e. The van der Waals surface area contributed by atoms with Gasteiger partial charge < -0.3 is 10.2 Å². The Morgan fingerprint density at radius 1 is 1.28 bits per heavy atom. The summed E-state index contributed by atoms with van der Waals surface area (Å²) in [6.07, 6.45) is 10.2. The molecule has 0 aliphatic carbocycles. The van der Waals surface area contributed by atoms with Crippen LogP contribution in [-0.2, 0) is 6.42 Å². The van der Waals surface area contributed by atoms with Crippen LogP contribution in [0.15, 0.2) is 48.9 Å². The van der Waals surface area contributed by atoms with Crippen molar-refractivity contribution in [3.8, 4) is 0 Å². The number of benzene rings is 1. The monoisotopic (exact) mass is 336 g/mol. The summed E-state index contributed by atoms with van der Waals surface area (Å²) in [5.41, 5.74) is 4.17. The summed E-state index contributed by atoms with van der Waals surface area (Å²) >= 11 is 0. The predicted octanol–water partition coefficient (Wildman–Crippen LogP) is 4.14. The SMILES string of the molecule is CCCc1ccc(NC(=O)N2CCC(c3cnccn3)=C[C@H]2C)cc1. The van der Waals surface area contributed by atoms with Gasteiger partial charge in [-0.15, -0.1) is 0 Å². The fourth-order valence-corrected chi connectivity index (χ4v) is 3.11. The Kier molecular flexibility index (Phi) is 5.43. The number of hydrogen-bond acceptors (Lipinski definition) is 3. The van der Waals surface area contributed by atoms with Crippen molar-refractivity contribution in [1.29, 1.82) is 0 Å². The summed E-state index contributed by atoms with van der Waals surface area (Å²) < 4.78 is 0. The van der Waals surface area contributed by atoms with Crippen molar-refractivity contribution in [2.45, 2.75) is 39.2 Å². The molecule has 1 aliphatic rings. The summed E-state index contributed by atoms with van der Waals surface area (Å²) in [7, 11) is 0. The zero-order valence-corrected chi connectivity index (χ0v) is 14.8. The molecule has 2 amide bonds. The van der Waals surface area contributed by atoms with Crippen LogP contribution in [0, 0.1) is 0 Å².